The summed E-state index contributed by atoms with van der Waals surface area (Å²) in [6.45, 7) is 9.22. The molecule has 16 heteroatoms. The summed E-state index contributed by atoms with van der Waals surface area (Å²) in [7, 11) is -3.90. The second-order valence-corrected chi connectivity index (χ2v) is 15.8. The van der Waals surface area contributed by atoms with Crippen LogP contribution in [0.25, 0.3) is 37.0 Å². The number of alkyl halides is 1. The molecule has 1 unspecified atom stereocenters. The molecule has 47 heavy (non-hydrogen) atoms. The molecule has 10 nitrogen and oxygen atoms in total. The molecule has 0 radical (unpaired) electrons. The Bertz CT molecular complexity index is 2080. The lowest BCUT2D eigenvalue weighted by Crippen LogP contribution is -2.43. The zero-order valence-corrected chi connectivity index (χ0v) is 27.5. The number of primary sulfonamides is 1. The van der Waals surface area contributed by atoms with Crippen LogP contribution in [0.1, 0.15) is 38.5 Å². The first-order chi connectivity index (χ1) is 22.4. The number of nitrogens with two attached hydrogens (primary N) is 2. The number of halogens is 4. The van der Waals surface area contributed by atoms with Gasteiger partial charge in [-0.15, -0.1) is 11.3 Å². The fourth-order valence-electron chi connectivity index (χ4n) is 7.42. The van der Waals surface area contributed by atoms with Gasteiger partial charge in [-0.05, 0) is 49.9 Å². The molecule has 0 spiro atoms. The van der Waals surface area contributed by atoms with Crippen molar-refractivity contribution in [2.75, 3.05) is 43.4 Å². The van der Waals surface area contributed by atoms with E-state index in [4.69, 9.17) is 33.8 Å². The van der Waals surface area contributed by atoms with Gasteiger partial charge >= 0.3 is 6.01 Å². The van der Waals surface area contributed by atoms with E-state index in [0.29, 0.717) is 38.8 Å². The fourth-order valence-corrected chi connectivity index (χ4v) is 9.53. The number of thiophene rings is 1. The van der Waals surface area contributed by atoms with Crippen molar-refractivity contribution < 1.29 is 26.3 Å². The lowest BCUT2D eigenvalue weighted by atomic mass is 9.95. The quantitative estimate of drug-likeness (QED) is 0.228. The van der Waals surface area contributed by atoms with Crippen molar-refractivity contribution in [3.8, 4) is 17.1 Å². The van der Waals surface area contributed by atoms with Crippen molar-refractivity contribution >= 4 is 70.5 Å². The molecule has 3 atom stereocenters. The van der Waals surface area contributed by atoms with Gasteiger partial charge in [-0.3, -0.25) is 4.90 Å². The van der Waals surface area contributed by atoms with E-state index in [1.807, 2.05) is 0 Å². The van der Waals surface area contributed by atoms with Crippen LogP contribution in [-0.2, 0) is 10.0 Å². The third-order valence-electron chi connectivity index (χ3n) is 9.64. The van der Waals surface area contributed by atoms with Crippen molar-refractivity contribution in [2.24, 2.45) is 5.14 Å². The predicted octanol–water partition coefficient (Wildman–Crippen LogP) is 6.18. The van der Waals surface area contributed by atoms with Crippen LogP contribution in [-0.4, -0.2) is 73.0 Å². The van der Waals surface area contributed by atoms with Crippen molar-refractivity contribution in [3.63, 3.8) is 0 Å². The van der Waals surface area contributed by atoms with Crippen LogP contribution in [0.3, 0.4) is 0 Å². The highest BCUT2D eigenvalue weighted by Gasteiger charge is 2.49. The number of hydrogen-bond acceptors (Lipinski definition) is 9. The van der Waals surface area contributed by atoms with E-state index >= 15 is 4.39 Å². The maximum absolute atomic E-state index is 16.9. The van der Waals surface area contributed by atoms with E-state index in [1.54, 1.807) is 4.90 Å². The summed E-state index contributed by atoms with van der Waals surface area (Å²) in [4.78, 5) is 16.4. The highest BCUT2D eigenvalue weighted by molar-refractivity contribution is 7.89. The van der Waals surface area contributed by atoms with E-state index in [2.05, 4.69) is 19.7 Å². The highest BCUT2D eigenvalue weighted by atomic mass is 35.5. The van der Waals surface area contributed by atoms with E-state index in [9.17, 15) is 17.2 Å². The molecule has 0 bridgehead atoms. The van der Waals surface area contributed by atoms with Gasteiger partial charge in [0, 0.05) is 42.4 Å². The minimum Gasteiger partial charge on any atom is -0.461 e. The molecule has 3 fully saturated rings. The molecule has 0 amide bonds. The summed E-state index contributed by atoms with van der Waals surface area (Å²) in [6, 6.07) is 3.83. The minimum absolute atomic E-state index is 0.00769. The lowest BCUT2D eigenvalue weighted by Gasteiger charge is -2.31. The molecule has 2 aromatic carbocycles. The zero-order valence-electron chi connectivity index (χ0n) is 25.1. The van der Waals surface area contributed by atoms with Crippen LogP contribution in [0.15, 0.2) is 18.2 Å². The average molecular weight is 706 g/mol. The minimum atomic E-state index is -3.90. The summed E-state index contributed by atoms with van der Waals surface area (Å²) >= 11 is 7.68. The molecule has 2 aromatic heterocycles. The molecule has 4 N–H and O–H groups in total. The molecular formula is C31H31ClF3N7O3S2. The summed E-state index contributed by atoms with van der Waals surface area (Å²) in [6.07, 6.45) is 2.54. The number of hydrogen-bond donors (Lipinski definition) is 2. The number of aromatic nitrogens is 2. The second kappa shape index (κ2) is 11.9. The van der Waals surface area contributed by atoms with Crippen LogP contribution < -0.4 is 20.5 Å². The number of nitrogens with zero attached hydrogens (tertiary/aromatic N) is 5. The monoisotopic (exact) mass is 705 g/mol. The van der Waals surface area contributed by atoms with Gasteiger partial charge in [0.2, 0.25) is 15.7 Å². The van der Waals surface area contributed by atoms with Gasteiger partial charge in [0.15, 0.2) is 5.82 Å². The average Bonchev–Trinajstić information content (AvgIpc) is 3.57. The van der Waals surface area contributed by atoms with E-state index < -0.39 is 38.6 Å². The summed E-state index contributed by atoms with van der Waals surface area (Å²) < 4.78 is 77.4. The largest absolute Gasteiger partial charge is 0.461 e. The summed E-state index contributed by atoms with van der Waals surface area (Å²) in [5, 5.41) is 5.07. The van der Waals surface area contributed by atoms with Gasteiger partial charge in [0.05, 0.1) is 32.1 Å². The predicted molar refractivity (Wildman–Crippen MR) is 177 cm³/mol. The Morgan fingerprint density at radius 2 is 2.00 bits per heavy atom. The molecule has 3 saturated heterocycles. The Hall–Kier alpha value is -3.42. The Labute approximate surface area is 278 Å². The number of anilines is 2. The molecular weight excluding hydrogens is 675 g/mol. The second-order valence-electron chi connectivity index (χ2n) is 12.5. The van der Waals surface area contributed by atoms with Crippen molar-refractivity contribution in [1.82, 2.24) is 14.9 Å². The third-order valence-corrected chi connectivity index (χ3v) is 12.3. The normalized spacial score (nSPS) is 23.7. The van der Waals surface area contributed by atoms with Crippen LogP contribution in [0.2, 0.25) is 5.02 Å². The Balaban J connectivity index is 1.41. The van der Waals surface area contributed by atoms with Gasteiger partial charge in [-0.2, -0.15) is 9.97 Å². The number of rotatable bonds is 6. The molecule has 0 aliphatic carbocycles. The Morgan fingerprint density at radius 1 is 1.19 bits per heavy atom. The first kappa shape index (κ1) is 32.1. The highest BCUT2D eigenvalue weighted by Crippen LogP contribution is 2.49. The van der Waals surface area contributed by atoms with Gasteiger partial charge < -0.3 is 15.4 Å². The smallest absolute Gasteiger partial charge is 0.319 e. The van der Waals surface area contributed by atoms with Gasteiger partial charge in [-0.1, -0.05) is 24.1 Å². The van der Waals surface area contributed by atoms with E-state index in [1.165, 1.54) is 12.1 Å². The Morgan fingerprint density at radius 3 is 2.77 bits per heavy atom. The van der Waals surface area contributed by atoms with Crippen molar-refractivity contribution in [3.05, 3.63) is 46.3 Å². The molecule has 3 aliphatic heterocycles. The number of benzene rings is 2. The van der Waals surface area contributed by atoms with Gasteiger partial charge in [0.1, 0.15) is 29.9 Å². The maximum Gasteiger partial charge on any atom is 0.319 e. The number of sulfonamides is 1. The first-order valence-electron chi connectivity index (χ1n) is 15.3. The molecule has 5 heterocycles. The number of nitrogen functional groups attached to an aromatic ring is 1. The molecule has 3 aliphatic rings. The van der Waals surface area contributed by atoms with Crippen LogP contribution in [0.4, 0.5) is 29.7 Å². The van der Waals surface area contributed by atoms with E-state index in [-0.39, 0.29) is 72.8 Å². The topological polar surface area (TPSA) is 132 Å². The Kier molecular flexibility index (Phi) is 8.15. The first-order valence-corrected chi connectivity index (χ1v) is 18.1. The SMILES string of the molecule is [C-]#[N+]c1c(N)sc2c(F)ccc(-c3c(Cl)cc4c(N5CCCCC(S(N)(=O)=O)C5)nc(OC[C@@]56CCCN5C[C@H](F)C6)nc4c3F)c12. The molecule has 7 rings (SSSR count). The van der Waals surface area contributed by atoms with Crippen molar-refractivity contribution in [2.45, 2.75) is 55.5 Å². The van der Waals surface area contributed by atoms with Crippen molar-refractivity contribution in [1.29, 1.82) is 0 Å². The molecule has 248 valence electrons. The number of ether oxygens (including phenoxy) is 1. The van der Waals surface area contributed by atoms with Gasteiger partial charge in [-0.25, -0.2) is 31.6 Å². The standard InChI is InChI=1S/C31H31ClF3N7O3S2/c1-38-26-23-18(6-7-21(34)27(23)46-28(26)36)22-20(32)11-19-25(24(22)35)39-30(45-15-31-8-4-10-42(31)13-16(33)12-31)40-29(19)41-9-3-2-5-17(14-41)47(37,43)44/h6-7,11,16-17H,2-5,8-10,12-15,36H2,(H2,37,43,44)/t16-,17?,31+/m1/s1. The molecule has 0 saturated carbocycles. The lowest BCUT2D eigenvalue weighted by molar-refractivity contribution is 0.107. The van der Waals surface area contributed by atoms with Crippen LogP contribution >= 0.6 is 22.9 Å². The fraction of sp³-hybridized carbons (Fsp3) is 0.452. The number of fused-ring (bicyclic) bond motifs is 3. The summed E-state index contributed by atoms with van der Waals surface area (Å²) in [5.74, 6) is -1.26. The molecule has 4 aromatic rings. The van der Waals surface area contributed by atoms with Crippen LogP contribution in [0.5, 0.6) is 6.01 Å². The van der Waals surface area contributed by atoms with Gasteiger partial charge in [0.25, 0.3) is 0 Å². The van der Waals surface area contributed by atoms with Crippen LogP contribution in [0, 0.1) is 18.2 Å². The zero-order chi connectivity index (χ0) is 33.2. The third kappa shape index (κ3) is 5.53. The summed E-state index contributed by atoms with van der Waals surface area (Å²) in [5.41, 5.74) is 5.39. The maximum atomic E-state index is 16.9. The van der Waals surface area contributed by atoms with E-state index in [0.717, 1.165) is 36.8 Å².